The highest BCUT2D eigenvalue weighted by molar-refractivity contribution is 5.63. The molecule has 0 aromatic carbocycles. The maximum Gasteiger partial charge on any atom is 0.328 e. The third kappa shape index (κ3) is 3.39. The van der Waals surface area contributed by atoms with Gasteiger partial charge in [0.25, 0.3) is 0 Å². The SMILES string of the molecule is CN(C)CCNc1nccc(C#N)c1[N+](=O)[O-]. The molecule has 7 nitrogen and oxygen atoms in total. The second kappa shape index (κ2) is 5.77. The Labute approximate surface area is 98.8 Å². The van der Waals surface area contributed by atoms with Crippen LogP contribution < -0.4 is 5.32 Å². The van der Waals surface area contributed by atoms with Crippen molar-refractivity contribution in [3.63, 3.8) is 0 Å². The number of hydrogen-bond acceptors (Lipinski definition) is 6. The van der Waals surface area contributed by atoms with E-state index in [2.05, 4.69) is 10.3 Å². The van der Waals surface area contributed by atoms with Crippen molar-refractivity contribution in [3.8, 4) is 6.07 Å². The standard InChI is InChI=1S/C10H13N5O2/c1-14(2)6-5-13-10-9(15(16)17)8(7-11)3-4-12-10/h3-4H,5-6H2,1-2H3,(H,12,13). The maximum atomic E-state index is 10.9. The van der Waals surface area contributed by atoms with Crippen LogP contribution in [-0.2, 0) is 0 Å². The first-order valence-corrected chi connectivity index (χ1v) is 4.98. The lowest BCUT2D eigenvalue weighted by atomic mass is 10.2. The summed E-state index contributed by atoms with van der Waals surface area (Å²) in [4.78, 5) is 16.1. The largest absolute Gasteiger partial charge is 0.363 e. The minimum atomic E-state index is -0.594. The Balaban J connectivity index is 2.92. The van der Waals surface area contributed by atoms with Crippen molar-refractivity contribution in [2.45, 2.75) is 0 Å². The van der Waals surface area contributed by atoms with Gasteiger partial charge in [-0.15, -0.1) is 0 Å². The molecule has 17 heavy (non-hydrogen) atoms. The molecule has 0 amide bonds. The van der Waals surface area contributed by atoms with E-state index >= 15 is 0 Å². The van der Waals surface area contributed by atoms with Gasteiger partial charge < -0.3 is 10.2 Å². The van der Waals surface area contributed by atoms with Crippen molar-refractivity contribution in [3.05, 3.63) is 27.9 Å². The van der Waals surface area contributed by atoms with Gasteiger partial charge in [0.1, 0.15) is 11.6 Å². The Kier molecular flexibility index (Phi) is 4.37. The van der Waals surface area contributed by atoms with Gasteiger partial charge in [-0.25, -0.2) is 4.98 Å². The number of likely N-dealkylation sites (N-methyl/N-ethyl adjacent to an activating group) is 1. The third-order valence-corrected chi connectivity index (χ3v) is 2.08. The fourth-order valence-electron chi connectivity index (χ4n) is 1.26. The molecule has 0 saturated carbocycles. The first-order chi connectivity index (χ1) is 8.06. The van der Waals surface area contributed by atoms with Crippen LogP contribution in [0.3, 0.4) is 0 Å². The van der Waals surface area contributed by atoms with E-state index in [1.807, 2.05) is 19.0 Å². The summed E-state index contributed by atoms with van der Waals surface area (Å²) in [5.74, 6) is 0.135. The van der Waals surface area contributed by atoms with E-state index in [-0.39, 0.29) is 17.1 Å². The summed E-state index contributed by atoms with van der Waals surface area (Å²) < 4.78 is 0. The molecule has 0 unspecified atom stereocenters. The van der Waals surface area contributed by atoms with Crippen molar-refractivity contribution in [1.82, 2.24) is 9.88 Å². The van der Waals surface area contributed by atoms with Crippen LogP contribution in [0.1, 0.15) is 5.56 Å². The topological polar surface area (TPSA) is 95.1 Å². The van der Waals surface area contributed by atoms with Gasteiger partial charge in [-0.3, -0.25) is 10.1 Å². The molecule has 0 spiro atoms. The molecule has 1 heterocycles. The minimum absolute atomic E-state index is 0.0114. The van der Waals surface area contributed by atoms with Crippen LogP contribution in [0.4, 0.5) is 11.5 Å². The summed E-state index contributed by atoms with van der Waals surface area (Å²) in [6.07, 6.45) is 1.38. The van der Waals surface area contributed by atoms with Crippen LogP contribution >= 0.6 is 0 Å². The fraction of sp³-hybridized carbons (Fsp3) is 0.400. The molecule has 90 valence electrons. The van der Waals surface area contributed by atoms with Gasteiger partial charge in [0.05, 0.1) is 4.92 Å². The minimum Gasteiger partial charge on any atom is -0.363 e. The predicted octanol–water partition coefficient (Wildman–Crippen LogP) is 0.835. The average molecular weight is 235 g/mol. The lowest BCUT2D eigenvalue weighted by Crippen LogP contribution is -2.21. The van der Waals surface area contributed by atoms with E-state index < -0.39 is 4.92 Å². The average Bonchev–Trinajstić information content (AvgIpc) is 2.27. The van der Waals surface area contributed by atoms with E-state index in [9.17, 15) is 10.1 Å². The van der Waals surface area contributed by atoms with Crippen LogP contribution in [-0.4, -0.2) is 42.0 Å². The molecule has 0 aliphatic carbocycles. The van der Waals surface area contributed by atoms with Crippen LogP contribution in [0.5, 0.6) is 0 Å². The normalized spacial score (nSPS) is 10.0. The number of nitro groups is 1. The summed E-state index contributed by atoms with van der Waals surface area (Å²) in [7, 11) is 3.80. The fourth-order valence-corrected chi connectivity index (χ4v) is 1.26. The number of pyridine rings is 1. The number of nitriles is 1. The molecule has 7 heteroatoms. The summed E-state index contributed by atoms with van der Waals surface area (Å²) in [6.45, 7) is 1.24. The zero-order valence-electron chi connectivity index (χ0n) is 9.67. The number of nitrogens with zero attached hydrogens (tertiary/aromatic N) is 4. The number of aromatic nitrogens is 1. The molecule has 1 N–H and O–H groups in total. The second-order valence-corrected chi connectivity index (χ2v) is 3.65. The van der Waals surface area contributed by atoms with Gasteiger partial charge in [0.15, 0.2) is 0 Å². The number of rotatable bonds is 5. The van der Waals surface area contributed by atoms with E-state index in [4.69, 9.17) is 5.26 Å². The van der Waals surface area contributed by atoms with Gasteiger partial charge in [0.2, 0.25) is 5.82 Å². The molecule has 0 bridgehead atoms. The summed E-state index contributed by atoms with van der Waals surface area (Å²) in [5.41, 5.74) is -0.258. The quantitative estimate of drug-likeness (QED) is 0.600. The Morgan fingerprint density at radius 1 is 1.65 bits per heavy atom. The number of hydrogen-bond donors (Lipinski definition) is 1. The van der Waals surface area contributed by atoms with Crippen molar-refractivity contribution >= 4 is 11.5 Å². The molecule has 0 aliphatic heterocycles. The first kappa shape index (κ1) is 12.9. The smallest absolute Gasteiger partial charge is 0.328 e. The number of nitrogens with one attached hydrogen (secondary N) is 1. The Morgan fingerprint density at radius 2 is 2.35 bits per heavy atom. The predicted molar refractivity (Wildman–Crippen MR) is 62.7 cm³/mol. The first-order valence-electron chi connectivity index (χ1n) is 4.98. The van der Waals surface area contributed by atoms with E-state index in [1.165, 1.54) is 12.3 Å². The zero-order chi connectivity index (χ0) is 12.8. The third-order valence-electron chi connectivity index (χ3n) is 2.08. The molecule has 1 aromatic rings. The lowest BCUT2D eigenvalue weighted by Gasteiger charge is -2.10. The van der Waals surface area contributed by atoms with Crippen molar-refractivity contribution in [2.24, 2.45) is 0 Å². The summed E-state index contributed by atoms with van der Waals surface area (Å²) in [6, 6.07) is 3.11. The maximum absolute atomic E-state index is 10.9. The van der Waals surface area contributed by atoms with Crippen LogP contribution in [0.15, 0.2) is 12.3 Å². The van der Waals surface area contributed by atoms with Crippen molar-refractivity contribution in [2.75, 3.05) is 32.5 Å². The van der Waals surface area contributed by atoms with E-state index in [0.717, 1.165) is 6.54 Å². The van der Waals surface area contributed by atoms with Gasteiger partial charge >= 0.3 is 5.69 Å². The van der Waals surface area contributed by atoms with E-state index in [1.54, 1.807) is 6.07 Å². The van der Waals surface area contributed by atoms with E-state index in [0.29, 0.717) is 6.54 Å². The summed E-state index contributed by atoms with van der Waals surface area (Å²) >= 11 is 0. The molecule has 1 rings (SSSR count). The van der Waals surface area contributed by atoms with Crippen LogP contribution in [0.2, 0.25) is 0 Å². The molecule has 0 radical (unpaired) electrons. The second-order valence-electron chi connectivity index (χ2n) is 3.65. The van der Waals surface area contributed by atoms with Crippen molar-refractivity contribution in [1.29, 1.82) is 5.26 Å². The molecular formula is C10H13N5O2. The highest BCUT2D eigenvalue weighted by Gasteiger charge is 2.20. The zero-order valence-corrected chi connectivity index (χ0v) is 9.67. The van der Waals surface area contributed by atoms with Crippen LogP contribution in [0, 0.1) is 21.4 Å². The molecule has 0 fully saturated rings. The Morgan fingerprint density at radius 3 is 2.88 bits per heavy atom. The number of anilines is 1. The monoisotopic (exact) mass is 235 g/mol. The van der Waals surface area contributed by atoms with Gasteiger partial charge in [-0.05, 0) is 20.2 Å². The molecule has 1 aromatic heterocycles. The highest BCUT2D eigenvalue weighted by atomic mass is 16.6. The molecule has 0 atom stereocenters. The lowest BCUT2D eigenvalue weighted by molar-refractivity contribution is -0.384. The van der Waals surface area contributed by atoms with Crippen molar-refractivity contribution < 1.29 is 4.92 Å². The van der Waals surface area contributed by atoms with Gasteiger partial charge in [-0.2, -0.15) is 5.26 Å². The van der Waals surface area contributed by atoms with Gasteiger partial charge in [0, 0.05) is 19.3 Å². The molecular weight excluding hydrogens is 222 g/mol. The Hall–Kier alpha value is -2.20. The summed E-state index contributed by atoms with van der Waals surface area (Å²) in [5, 5.41) is 22.5. The molecule has 0 saturated heterocycles. The van der Waals surface area contributed by atoms with Gasteiger partial charge in [-0.1, -0.05) is 0 Å². The Bertz CT molecular complexity index is 452. The highest BCUT2D eigenvalue weighted by Crippen LogP contribution is 2.25. The van der Waals surface area contributed by atoms with Crippen LogP contribution in [0.25, 0.3) is 0 Å². The molecule has 0 aliphatic rings.